The van der Waals surface area contributed by atoms with E-state index in [2.05, 4.69) is 6.07 Å². The van der Waals surface area contributed by atoms with Crippen LogP contribution in [0.1, 0.15) is 12.0 Å². The first-order valence-electron chi connectivity index (χ1n) is 6.31. The van der Waals surface area contributed by atoms with Gasteiger partial charge in [-0.3, -0.25) is 0 Å². The van der Waals surface area contributed by atoms with E-state index in [9.17, 15) is 4.79 Å². The number of nitrogens with zero attached hydrogens (tertiary/aromatic N) is 2. The van der Waals surface area contributed by atoms with Crippen LogP contribution < -0.4 is 5.73 Å². The molecule has 2 unspecified atom stereocenters. The third-order valence-corrected chi connectivity index (χ3v) is 3.29. The maximum absolute atomic E-state index is 11.9. The molecule has 0 bridgehead atoms. The van der Waals surface area contributed by atoms with Gasteiger partial charge in [0.25, 0.3) is 0 Å². The molecular weight excluding hydrogens is 242 g/mol. The van der Waals surface area contributed by atoms with Gasteiger partial charge in [-0.25, -0.2) is 4.79 Å². The smallest absolute Gasteiger partial charge is 0.410 e. The Labute approximate surface area is 112 Å². The van der Waals surface area contributed by atoms with E-state index >= 15 is 0 Å². The fourth-order valence-electron chi connectivity index (χ4n) is 2.12. The summed E-state index contributed by atoms with van der Waals surface area (Å²) >= 11 is 0. The standard InChI is InChI=1S/C14H17N3O2/c15-8-12-6-7-17(9-13(12)16)14(18)19-10-11-4-2-1-3-5-11/h1-5,12-13H,6-7,9-10,16H2. The van der Waals surface area contributed by atoms with Gasteiger partial charge in [-0.2, -0.15) is 5.26 Å². The first-order chi connectivity index (χ1) is 9.20. The zero-order valence-electron chi connectivity index (χ0n) is 10.7. The number of carbonyl (C=O) groups is 1. The molecule has 1 aliphatic rings. The van der Waals surface area contributed by atoms with E-state index in [0.717, 1.165) is 5.56 Å². The highest BCUT2D eigenvalue weighted by atomic mass is 16.6. The molecule has 1 aliphatic heterocycles. The van der Waals surface area contributed by atoms with E-state index in [4.69, 9.17) is 15.7 Å². The van der Waals surface area contributed by atoms with Crippen molar-refractivity contribution in [1.82, 2.24) is 4.90 Å². The molecule has 0 spiro atoms. The van der Waals surface area contributed by atoms with Crippen molar-refractivity contribution in [1.29, 1.82) is 5.26 Å². The number of ether oxygens (including phenoxy) is 1. The maximum atomic E-state index is 11.9. The number of nitriles is 1. The van der Waals surface area contributed by atoms with Crippen molar-refractivity contribution in [2.75, 3.05) is 13.1 Å². The van der Waals surface area contributed by atoms with Crippen LogP contribution in [0.4, 0.5) is 4.79 Å². The van der Waals surface area contributed by atoms with Gasteiger partial charge in [0.1, 0.15) is 6.61 Å². The first-order valence-corrected chi connectivity index (χ1v) is 6.31. The number of nitrogens with two attached hydrogens (primary N) is 1. The average Bonchev–Trinajstić information content (AvgIpc) is 2.45. The summed E-state index contributed by atoms with van der Waals surface area (Å²) in [5, 5.41) is 8.87. The highest BCUT2D eigenvalue weighted by molar-refractivity contribution is 5.67. The molecule has 0 aliphatic carbocycles. The molecule has 0 aromatic heterocycles. The van der Waals surface area contributed by atoms with Crippen LogP contribution in [0.2, 0.25) is 0 Å². The zero-order chi connectivity index (χ0) is 13.7. The molecule has 1 fully saturated rings. The third-order valence-electron chi connectivity index (χ3n) is 3.29. The monoisotopic (exact) mass is 259 g/mol. The number of rotatable bonds is 2. The van der Waals surface area contributed by atoms with Crippen LogP contribution in [0.5, 0.6) is 0 Å². The number of hydrogen-bond acceptors (Lipinski definition) is 4. The molecule has 1 aromatic rings. The summed E-state index contributed by atoms with van der Waals surface area (Å²) in [6, 6.07) is 11.4. The minimum Gasteiger partial charge on any atom is -0.445 e. The minimum absolute atomic E-state index is 0.168. The number of hydrogen-bond donors (Lipinski definition) is 1. The second-order valence-electron chi connectivity index (χ2n) is 4.67. The average molecular weight is 259 g/mol. The van der Waals surface area contributed by atoms with Gasteiger partial charge in [0, 0.05) is 19.1 Å². The molecule has 2 N–H and O–H groups in total. The second kappa shape index (κ2) is 6.21. The van der Waals surface area contributed by atoms with Crippen molar-refractivity contribution in [2.24, 2.45) is 11.7 Å². The van der Waals surface area contributed by atoms with E-state index < -0.39 is 0 Å². The number of likely N-dealkylation sites (tertiary alicyclic amines) is 1. The predicted octanol–water partition coefficient (Wildman–Crippen LogP) is 1.50. The van der Waals surface area contributed by atoms with Gasteiger partial charge < -0.3 is 15.4 Å². The molecule has 2 rings (SSSR count). The molecule has 0 radical (unpaired) electrons. The summed E-state index contributed by atoms with van der Waals surface area (Å²) in [6.07, 6.45) is 0.244. The Morgan fingerprint density at radius 1 is 1.47 bits per heavy atom. The van der Waals surface area contributed by atoms with Crippen LogP contribution in [-0.2, 0) is 11.3 Å². The Kier molecular flexibility index (Phi) is 4.37. The second-order valence-corrected chi connectivity index (χ2v) is 4.67. The zero-order valence-corrected chi connectivity index (χ0v) is 10.7. The Balaban J connectivity index is 1.83. The first kappa shape index (κ1) is 13.4. The summed E-state index contributed by atoms with van der Waals surface area (Å²) in [5.74, 6) is -0.168. The molecule has 19 heavy (non-hydrogen) atoms. The van der Waals surface area contributed by atoms with Crippen molar-refractivity contribution in [3.8, 4) is 6.07 Å². The van der Waals surface area contributed by atoms with Crippen LogP contribution in [0.3, 0.4) is 0 Å². The number of amides is 1. The van der Waals surface area contributed by atoms with Crippen molar-refractivity contribution < 1.29 is 9.53 Å². The van der Waals surface area contributed by atoms with Gasteiger partial charge in [0.05, 0.1) is 12.0 Å². The van der Waals surface area contributed by atoms with Crippen LogP contribution in [0, 0.1) is 17.2 Å². The Hall–Kier alpha value is -2.06. The summed E-state index contributed by atoms with van der Waals surface area (Å²) in [7, 11) is 0. The van der Waals surface area contributed by atoms with Gasteiger partial charge in [0.15, 0.2) is 0 Å². The van der Waals surface area contributed by atoms with Crippen LogP contribution in [-0.4, -0.2) is 30.1 Å². The highest BCUT2D eigenvalue weighted by Crippen LogP contribution is 2.16. The topological polar surface area (TPSA) is 79.3 Å². The molecule has 0 saturated carbocycles. The number of carbonyl (C=O) groups excluding carboxylic acids is 1. The minimum atomic E-state index is -0.365. The van der Waals surface area contributed by atoms with Gasteiger partial charge >= 0.3 is 6.09 Å². The lowest BCUT2D eigenvalue weighted by Crippen LogP contribution is -2.50. The van der Waals surface area contributed by atoms with Crippen LogP contribution in [0.15, 0.2) is 30.3 Å². The fourth-order valence-corrected chi connectivity index (χ4v) is 2.12. The molecule has 1 heterocycles. The van der Waals surface area contributed by atoms with Gasteiger partial charge in [0.2, 0.25) is 0 Å². The third kappa shape index (κ3) is 3.46. The van der Waals surface area contributed by atoms with E-state index in [1.807, 2.05) is 30.3 Å². The van der Waals surface area contributed by atoms with Crippen molar-refractivity contribution in [2.45, 2.75) is 19.1 Å². The van der Waals surface area contributed by atoms with E-state index in [1.165, 1.54) is 0 Å². The summed E-state index contributed by atoms with van der Waals surface area (Å²) < 4.78 is 5.23. The van der Waals surface area contributed by atoms with E-state index in [-0.39, 0.29) is 24.7 Å². The van der Waals surface area contributed by atoms with Crippen molar-refractivity contribution in [3.05, 3.63) is 35.9 Å². The Morgan fingerprint density at radius 2 is 2.21 bits per heavy atom. The summed E-state index contributed by atoms with van der Waals surface area (Å²) in [5.41, 5.74) is 6.80. The van der Waals surface area contributed by atoms with Crippen molar-refractivity contribution >= 4 is 6.09 Å². The van der Waals surface area contributed by atoms with Crippen molar-refractivity contribution in [3.63, 3.8) is 0 Å². The van der Waals surface area contributed by atoms with Crippen LogP contribution >= 0.6 is 0 Å². The quantitative estimate of drug-likeness (QED) is 0.872. The van der Waals surface area contributed by atoms with Gasteiger partial charge in [-0.15, -0.1) is 0 Å². The summed E-state index contributed by atoms with van der Waals surface area (Å²) in [6.45, 7) is 1.17. The lowest BCUT2D eigenvalue weighted by Gasteiger charge is -2.32. The molecule has 1 amide bonds. The predicted molar refractivity (Wildman–Crippen MR) is 69.9 cm³/mol. The molecular formula is C14H17N3O2. The lowest BCUT2D eigenvalue weighted by molar-refractivity contribution is 0.0815. The Morgan fingerprint density at radius 3 is 2.84 bits per heavy atom. The SMILES string of the molecule is N#CC1CCN(C(=O)OCc2ccccc2)CC1N. The molecule has 5 heteroatoms. The summed E-state index contributed by atoms with van der Waals surface area (Å²) in [4.78, 5) is 13.4. The van der Waals surface area contributed by atoms with Crippen LogP contribution in [0.25, 0.3) is 0 Å². The maximum Gasteiger partial charge on any atom is 0.410 e. The van der Waals surface area contributed by atoms with Gasteiger partial charge in [-0.1, -0.05) is 30.3 Å². The molecule has 2 atom stereocenters. The fraction of sp³-hybridized carbons (Fsp3) is 0.429. The lowest BCUT2D eigenvalue weighted by atomic mass is 9.94. The number of piperidine rings is 1. The van der Waals surface area contributed by atoms with E-state index in [0.29, 0.717) is 19.5 Å². The van der Waals surface area contributed by atoms with E-state index in [1.54, 1.807) is 4.90 Å². The molecule has 1 saturated heterocycles. The Bertz CT molecular complexity index is 469. The molecule has 1 aromatic carbocycles. The molecule has 5 nitrogen and oxygen atoms in total. The highest BCUT2D eigenvalue weighted by Gasteiger charge is 2.29. The molecule has 100 valence electrons. The number of benzene rings is 1. The van der Waals surface area contributed by atoms with Gasteiger partial charge in [-0.05, 0) is 12.0 Å². The largest absolute Gasteiger partial charge is 0.445 e. The normalized spacial score (nSPS) is 22.6.